The van der Waals surface area contributed by atoms with Gasteiger partial charge in [0, 0.05) is 19.4 Å². The summed E-state index contributed by atoms with van der Waals surface area (Å²) in [6, 6.07) is 0.00727. The van der Waals surface area contributed by atoms with Crippen LogP contribution in [0.3, 0.4) is 0 Å². The number of aliphatic hydroxyl groups is 1. The number of aliphatic hydroxyl groups excluding tert-OH is 1. The van der Waals surface area contributed by atoms with Gasteiger partial charge in [0.1, 0.15) is 6.33 Å². The van der Waals surface area contributed by atoms with Crippen molar-refractivity contribution in [3.05, 3.63) is 24.0 Å². The minimum atomic E-state index is -0.365. The zero-order valence-corrected chi connectivity index (χ0v) is 12.5. The molecule has 1 aliphatic rings. The molecule has 1 saturated carbocycles. The summed E-state index contributed by atoms with van der Waals surface area (Å²) in [4.78, 5) is 18.6. The van der Waals surface area contributed by atoms with E-state index in [4.69, 9.17) is 11.6 Å². The van der Waals surface area contributed by atoms with E-state index in [0.29, 0.717) is 11.9 Å². The molecule has 2 heterocycles. The Bertz CT molecular complexity index is 605. The molecule has 8 heteroatoms. The lowest BCUT2D eigenvalue weighted by Crippen LogP contribution is -2.44. The van der Waals surface area contributed by atoms with Crippen LogP contribution in [0, 0.1) is 0 Å². The molecule has 0 saturated heterocycles. The molecule has 0 bridgehead atoms. The van der Waals surface area contributed by atoms with E-state index in [2.05, 4.69) is 19.9 Å². The summed E-state index contributed by atoms with van der Waals surface area (Å²) < 4.78 is 1.67. The first-order valence-electron chi connectivity index (χ1n) is 6.96. The molecule has 7 nitrogen and oxygen atoms in total. The highest BCUT2D eigenvalue weighted by Gasteiger charge is 2.28. The fourth-order valence-electron chi connectivity index (χ4n) is 2.67. The van der Waals surface area contributed by atoms with Crippen LogP contribution in [-0.4, -0.2) is 48.8 Å². The molecule has 0 aliphatic heterocycles. The molecule has 1 N–H and O–H groups in total. The van der Waals surface area contributed by atoms with Crippen molar-refractivity contribution in [2.75, 3.05) is 11.9 Å². The molecule has 1 fully saturated rings. The number of aromatic nitrogens is 5. The van der Waals surface area contributed by atoms with Gasteiger partial charge in [0.25, 0.3) is 0 Å². The number of nitrogens with zero attached hydrogens (tertiary/aromatic N) is 6. The molecule has 0 amide bonds. The van der Waals surface area contributed by atoms with Crippen LogP contribution in [-0.2, 0) is 0 Å². The number of hydrogen-bond acceptors (Lipinski definition) is 6. The Labute approximate surface area is 127 Å². The summed E-state index contributed by atoms with van der Waals surface area (Å²) in [5.41, 5.74) is 0. The Balaban J connectivity index is 1.91. The first-order valence-corrected chi connectivity index (χ1v) is 7.34. The largest absolute Gasteiger partial charge is 0.391 e. The van der Waals surface area contributed by atoms with Gasteiger partial charge in [-0.1, -0.05) is 12.8 Å². The Morgan fingerprint density at radius 1 is 1.29 bits per heavy atom. The molecular formula is C13H17ClN6O. The SMILES string of the molecule is CN(c1nc(Cl)nc(-n2ccnc2)n1)C1CCCCC1O. The number of likely N-dealkylation sites (N-methyl/N-ethyl adjacent to an activating group) is 1. The smallest absolute Gasteiger partial charge is 0.241 e. The fraction of sp³-hybridized carbons (Fsp3) is 0.538. The van der Waals surface area contributed by atoms with E-state index < -0.39 is 0 Å². The van der Waals surface area contributed by atoms with Gasteiger partial charge in [-0.3, -0.25) is 4.57 Å². The molecular weight excluding hydrogens is 292 g/mol. The monoisotopic (exact) mass is 308 g/mol. The van der Waals surface area contributed by atoms with Crippen LogP contribution < -0.4 is 4.90 Å². The second-order valence-electron chi connectivity index (χ2n) is 5.20. The van der Waals surface area contributed by atoms with Crippen LogP contribution in [0.5, 0.6) is 0 Å². The predicted octanol–water partition coefficient (Wildman–Crippen LogP) is 1.45. The zero-order chi connectivity index (χ0) is 14.8. The summed E-state index contributed by atoms with van der Waals surface area (Å²) in [5.74, 6) is 0.879. The van der Waals surface area contributed by atoms with Crippen LogP contribution >= 0.6 is 11.6 Å². The van der Waals surface area contributed by atoms with Crippen LogP contribution in [0.15, 0.2) is 18.7 Å². The van der Waals surface area contributed by atoms with Crippen molar-refractivity contribution in [3.8, 4) is 5.95 Å². The molecule has 1 aliphatic carbocycles. The Morgan fingerprint density at radius 3 is 2.81 bits per heavy atom. The Hall–Kier alpha value is -1.73. The first-order chi connectivity index (χ1) is 10.1. The summed E-state index contributed by atoms with van der Waals surface area (Å²) in [6.07, 6.45) is 8.50. The van der Waals surface area contributed by atoms with Gasteiger partial charge in [0.15, 0.2) is 0 Å². The van der Waals surface area contributed by atoms with E-state index in [1.165, 1.54) is 0 Å². The van der Waals surface area contributed by atoms with Crippen molar-refractivity contribution in [2.24, 2.45) is 0 Å². The highest BCUT2D eigenvalue weighted by Crippen LogP contribution is 2.25. The second-order valence-corrected chi connectivity index (χ2v) is 5.54. The number of hydrogen-bond donors (Lipinski definition) is 1. The Morgan fingerprint density at radius 2 is 2.10 bits per heavy atom. The lowest BCUT2D eigenvalue weighted by Gasteiger charge is -2.35. The van der Waals surface area contributed by atoms with Gasteiger partial charge in [-0.05, 0) is 24.4 Å². The summed E-state index contributed by atoms with van der Waals surface area (Å²) in [7, 11) is 1.88. The molecule has 2 unspecified atom stereocenters. The zero-order valence-electron chi connectivity index (χ0n) is 11.7. The van der Waals surface area contributed by atoms with Crippen molar-refractivity contribution >= 4 is 17.5 Å². The normalized spacial score (nSPS) is 22.2. The van der Waals surface area contributed by atoms with Gasteiger partial charge in [-0.15, -0.1) is 0 Å². The maximum Gasteiger partial charge on any atom is 0.241 e. The highest BCUT2D eigenvalue weighted by molar-refractivity contribution is 6.28. The second kappa shape index (κ2) is 5.95. The minimum absolute atomic E-state index is 0.00727. The first kappa shape index (κ1) is 14.2. The molecule has 2 atom stereocenters. The minimum Gasteiger partial charge on any atom is -0.391 e. The van der Waals surface area contributed by atoms with E-state index in [1.54, 1.807) is 23.3 Å². The van der Waals surface area contributed by atoms with Gasteiger partial charge < -0.3 is 10.0 Å². The number of halogens is 1. The van der Waals surface area contributed by atoms with Gasteiger partial charge in [0.05, 0.1) is 12.1 Å². The number of rotatable bonds is 3. The molecule has 0 aromatic carbocycles. The molecule has 112 valence electrons. The van der Waals surface area contributed by atoms with E-state index in [0.717, 1.165) is 25.7 Å². The topological polar surface area (TPSA) is 80.0 Å². The lowest BCUT2D eigenvalue weighted by molar-refractivity contribution is 0.105. The van der Waals surface area contributed by atoms with Crippen molar-refractivity contribution < 1.29 is 5.11 Å². The van der Waals surface area contributed by atoms with Gasteiger partial charge in [-0.2, -0.15) is 15.0 Å². The van der Waals surface area contributed by atoms with Crippen molar-refractivity contribution in [1.29, 1.82) is 0 Å². The predicted molar refractivity (Wildman–Crippen MR) is 78.6 cm³/mol. The average molecular weight is 309 g/mol. The third-order valence-electron chi connectivity index (χ3n) is 3.83. The molecule has 21 heavy (non-hydrogen) atoms. The van der Waals surface area contributed by atoms with Crippen LogP contribution in [0.2, 0.25) is 5.28 Å². The Kier molecular flexibility index (Phi) is 4.03. The maximum absolute atomic E-state index is 10.2. The lowest BCUT2D eigenvalue weighted by atomic mass is 9.92. The number of imidazole rings is 1. The van der Waals surface area contributed by atoms with E-state index in [-0.39, 0.29) is 17.4 Å². The quantitative estimate of drug-likeness (QED) is 0.924. The van der Waals surface area contributed by atoms with E-state index in [9.17, 15) is 5.11 Å². The standard InChI is InChI=1S/C13H17ClN6O/c1-19(9-4-2-3-5-10(9)21)12-16-11(14)17-13(18-12)20-7-6-15-8-20/h6-10,21H,2-5H2,1H3. The van der Waals surface area contributed by atoms with Gasteiger partial charge in [-0.25, -0.2) is 4.98 Å². The molecule has 0 spiro atoms. The van der Waals surface area contributed by atoms with Crippen LogP contribution in [0.1, 0.15) is 25.7 Å². The van der Waals surface area contributed by atoms with Gasteiger partial charge in [0.2, 0.25) is 17.2 Å². The molecule has 3 rings (SSSR count). The van der Waals surface area contributed by atoms with Gasteiger partial charge >= 0.3 is 0 Å². The highest BCUT2D eigenvalue weighted by atomic mass is 35.5. The average Bonchev–Trinajstić information content (AvgIpc) is 3.01. The summed E-state index contributed by atoms with van der Waals surface area (Å²) in [6.45, 7) is 0. The van der Waals surface area contributed by atoms with Crippen molar-refractivity contribution in [3.63, 3.8) is 0 Å². The summed E-state index contributed by atoms with van der Waals surface area (Å²) in [5, 5.41) is 10.3. The maximum atomic E-state index is 10.2. The van der Waals surface area contributed by atoms with Crippen molar-refractivity contribution in [2.45, 2.75) is 37.8 Å². The molecule has 2 aromatic heterocycles. The molecule has 2 aromatic rings. The number of anilines is 1. The van der Waals surface area contributed by atoms with E-state index in [1.807, 2.05) is 11.9 Å². The fourth-order valence-corrected chi connectivity index (χ4v) is 2.82. The van der Waals surface area contributed by atoms with Crippen LogP contribution in [0.4, 0.5) is 5.95 Å². The van der Waals surface area contributed by atoms with E-state index >= 15 is 0 Å². The van der Waals surface area contributed by atoms with Crippen molar-refractivity contribution in [1.82, 2.24) is 24.5 Å². The third-order valence-corrected chi connectivity index (χ3v) is 4.00. The third kappa shape index (κ3) is 2.98. The van der Waals surface area contributed by atoms with Crippen LogP contribution in [0.25, 0.3) is 5.95 Å². The summed E-state index contributed by atoms with van der Waals surface area (Å²) >= 11 is 6.00. The molecule has 0 radical (unpaired) electrons.